The topological polar surface area (TPSA) is 76.3 Å². The van der Waals surface area contributed by atoms with Crippen molar-refractivity contribution in [3.05, 3.63) is 74.1 Å². The molecule has 2 aromatic carbocycles. The maximum Gasteiger partial charge on any atom is 0.292 e. The summed E-state index contributed by atoms with van der Waals surface area (Å²) in [6, 6.07) is 11.8. The molecule has 1 N–H and O–H groups in total. The maximum absolute atomic E-state index is 12.7. The Balaban J connectivity index is 1.98. The van der Waals surface area contributed by atoms with E-state index in [9.17, 15) is 9.59 Å². The first kappa shape index (κ1) is 19.1. The number of aromatic nitrogens is 2. The van der Waals surface area contributed by atoms with Crippen molar-refractivity contribution in [2.24, 2.45) is 5.10 Å². The zero-order valence-corrected chi connectivity index (χ0v) is 16.2. The smallest absolute Gasteiger partial charge is 0.267 e. The van der Waals surface area contributed by atoms with E-state index in [1.165, 1.54) is 4.68 Å². The van der Waals surface area contributed by atoms with Crippen LogP contribution in [-0.2, 0) is 6.54 Å². The lowest BCUT2D eigenvalue weighted by molar-refractivity contribution is 0.0949. The van der Waals surface area contributed by atoms with Crippen molar-refractivity contribution >= 4 is 45.6 Å². The second-order valence-electron chi connectivity index (χ2n) is 5.78. The van der Waals surface area contributed by atoms with Crippen molar-refractivity contribution < 1.29 is 4.79 Å². The molecule has 0 unspecified atom stereocenters. The molecule has 0 aliphatic heterocycles. The minimum atomic E-state index is -0.522. The molecule has 0 aliphatic rings. The molecule has 0 fully saturated rings. The number of amides is 1. The number of hydrazone groups is 1. The van der Waals surface area contributed by atoms with Gasteiger partial charge in [-0.1, -0.05) is 41.4 Å². The summed E-state index contributed by atoms with van der Waals surface area (Å²) in [5, 5.41) is 10.2. The normalized spacial score (nSPS) is 11.6. The Bertz CT molecular complexity index is 1120. The molecule has 0 atom stereocenters. The quantitative estimate of drug-likeness (QED) is 0.531. The number of halogens is 2. The molecule has 6 nitrogen and oxygen atoms in total. The Morgan fingerprint density at radius 3 is 2.59 bits per heavy atom. The molecule has 0 spiro atoms. The van der Waals surface area contributed by atoms with Gasteiger partial charge in [0, 0.05) is 27.5 Å². The van der Waals surface area contributed by atoms with Gasteiger partial charge in [-0.15, -0.1) is 0 Å². The van der Waals surface area contributed by atoms with Crippen LogP contribution < -0.4 is 11.0 Å². The van der Waals surface area contributed by atoms with Gasteiger partial charge in [-0.25, -0.2) is 10.1 Å². The number of nitrogens with one attached hydrogen (secondary N) is 1. The average Bonchev–Trinajstić information content (AvgIpc) is 2.68. The molecule has 1 heterocycles. The fraction of sp³-hybridized carbons (Fsp3) is 0.158. The lowest BCUT2D eigenvalue weighted by atomic mass is 10.1. The van der Waals surface area contributed by atoms with Crippen LogP contribution in [-0.4, -0.2) is 21.4 Å². The van der Waals surface area contributed by atoms with Gasteiger partial charge >= 0.3 is 0 Å². The van der Waals surface area contributed by atoms with E-state index in [1.807, 2.05) is 0 Å². The number of fused-ring (bicyclic) bond motifs is 1. The first-order valence-corrected chi connectivity index (χ1v) is 8.98. The summed E-state index contributed by atoms with van der Waals surface area (Å²) < 4.78 is 1.25. The van der Waals surface area contributed by atoms with Crippen molar-refractivity contribution in [3.8, 4) is 0 Å². The van der Waals surface area contributed by atoms with Crippen LogP contribution in [0.15, 0.2) is 52.4 Å². The van der Waals surface area contributed by atoms with E-state index in [0.717, 1.165) is 0 Å². The van der Waals surface area contributed by atoms with Gasteiger partial charge in [0.2, 0.25) is 0 Å². The number of carbonyl (C=O) groups is 1. The highest BCUT2D eigenvalue weighted by molar-refractivity contribution is 6.36. The van der Waals surface area contributed by atoms with Crippen LogP contribution in [0.4, 0.5) is 0 Å². The fourth-order valence-electron chi connectivity index (χ4n) is 2.64. The molecule has 3 rings (SSSR count). The Labute approximate surface area is 165 Å². The van der Waals surface area contributed by atoms with Gasteiger partial charge in [0.05, 0.1) is 11.1 Å². The van der Waals surface area contributed by atoms with Crippen molar-refractivity contribution in [2.45, 2.75) is 20.4 Å². The van der Waals surface area contributed by atoms with Gasteiger partial charge < -0.3 is 0 Å². The van der Waals surface area contributed by atoms with Crippen molar-refractivity contribution in [1.82, 2.24) is 15.2 Å². The number of aryl methyl sites for hydroxylation is 1. The van der Waals surface area contributed by atoms with Gasteiger partial charge in [-0.3, -0.25) is 9.59 Å². The van der Waals surface area contributed by atoms with Gasteiger partial charge in [-0.2, -0.15) is 10.2 Å². The van der Waals surface area contributed by atoms with Crippen molar-refractivity contribution in [3.63, 3.8) is 0 Å². The number of hydrogen-bond acceptors (Lipinski definition) is 4. The lowest BCUT2D eigenvalue weighted by Crippen LogP contribution is -2.28. The Hall–Kier alpha value is -2.70. The van der Waals surface area contributed by atoms with Crippen LogP contribution in [0.2, 0.25) is 10.0 Å². The van der Waals surface area contributed by atoms with E-state index in [-0.39, 0.29) is 11.3 Å². The molecule has 0 bridgehead atoms. The summed E-state index contributed by atoms with van der Waals surface area (Å²) in [7, 11) is 0. The standard InChI is InChI=1S/C19H16Cl2N4O2/c1-3-25-19(27)14-7-5-4-6-13(14)17(24-25)18(26)23-22-11(2)15-10-12(20)8-9-16(15)21/h4-10H,3H2,1-2H3,(H,23,26)/b22-11+. The summed E-state index contributed by atoms with van der Waals surface area (Å²) in [6.07, 6.45) is 0. The molecule has 1 amide bonds. The third kappa shape index (κ3) is 3.86. The van der Waals surface area contributed by atoms with Gasteiger partial charge in [-0.05, 0) is 38.1 Å². The minimum Gasteiger partial charge on any atom is -0.267 e. The molecule has 3 aromatic rings. The van der Waals surface area contributed by atoms with Gasteiger partial charge in [0.1, 0.15) is 0 Å². The molecule has 8 heteroatoms. The van der Waals surface area contributed by atoms with E-state index in [1.54, 1.807) is 56.3 Å². The molecule has 0 saturated heterocycles. The number of hydrogen-bond donors (Lipinski definition) is 1. The second-order valence-corrected chi connectivity index (χ2v) is 6.62. The molecule has 1 aromatic heterocycles. The van der Waals surface area contributed by atoms with E-state index in [2.05, 4.69) is 15.6 Å². The predicted molar refractivity (Wildman–Crippen MR) is 108 cm³/mol. The van der Waals surface area contributed by atoms with Crippen molar-refractivity contribution in [1.29, 1.82) is 0 Å². The Morgan fingerprint density at radius 2 is 1.89 bits per heavy atom. The summed E-state index contributed by atoms with van der Waals surface area (Å²) >= 11 is 12.1. The summed E-state index contributed by atoms with van der Waals surface area (Å²) in [5.74, 6) is -0.522. The van der Waals surface area contributed by atoms with Crippen LogP contribution >= 0.6 is 23.2 Å². The zero-order chi connectivity index (χ0) is 19.6. The molecular weight excluding hydrogens is 387 g/mol. The molecule has 0 radical (unpaired) electrons. The third-order valence-electron chi connectivity index (χ3n) is 4.03. The monoisotopic (exact) mass is 402 g/mol. The zero-order valence-electron chi connectivity index (χ0n) is 14.7. The first-order valence-electron chi connectivity index (χ1n) is 8.22. The molecule has 0 aliphatic carbocycles. The maximum atomic E-state index is 12.7. The predicted octanol–water partition coefficient (Wildman–Crippen LogP) is 3.88. The molecule has 0 saturated carbocycles. The van der Waals surface area contributed by atoms with Crippen LogP contribution in [0.3, 0.4) is 0 Å². The number of nitrogens with zero attached hydrogens (tertiary/aromatic N) is 3. The number of rotatable bonds is 4. The number of carbonyl (C=O) groups excluding carboxylic acids is 1. The number of benzene rings is 2. The Kier molecular flexibility index (Phi) is 5.58. The average molecular weight is 403 g/mol. The first-order chi connectivity index (χ1) is 12.9. The van der Waals surface area contributed by atoms with Crippen LogP contribution in [0, 0.1) is 0 Å². The SMILES string of the molecule is CCn1nc(C(=O)N/N=C(\C)c2cc(Cl)ccc2Cl)c2ccccc2c1=O. The highest BCUT2D eigenvalue weighted by Crippen LogP contribution is 2.21. The van der Waals surface area contributed by atoms with E-state index in [0.29, 0.717) is 38.6 Å². The molecular formula is C19H16Cl2N4O2. The highest BCUT2D eigenvalue weighted by atomic mass is 35.5. The van der Waals surface area contributed by atoms with Crippen LogP contribution in [0.25, 0.3) is 10.8 Å². The Morgan fingerprint density at radius 1 is 1.19 bits per heavy atom. The second kappa shape index (κ2) is 7.90. The van der Waals surface area contributed by atoms with Crippen molar-refractivity contribution in [2.75, 3.05) is 0 Å². The summed E-state index contributed by atoms with van der Waals surface area (Å²) in [6.45, 7) is 3.84. The van der Waals surface area contributed by atoms with Crippen LogP contribution in [0.1, 0.15) is 29.9 Å². The van der Waals surface area contributed by atoms with Gasteiger partial charge in [0.25, 0.3) is 11.5 Å². The van der Waals surface area contributed by atoms with E-state index in [4.69, 9.17) is 23.2 Å². The summed E-state index contributed by atoms with van der Waals surface area (Å²) in [5.41, 5.74) is 3.46. The largest absolute Gasteiger partial charge is 0.292 e. The van der Waals surface area contributed by atoms with Gasteiger partial charge in [0.15, 0.2) is 5.69 Å². The van der Waals surface area contributed by atoms with E-state index >= 15 is 0 Å². The lowest BCUT2D eigenvalue weighted by Gasteiger charge is -2.09. The fourth-order valence-corrected chi connectivity index (χ4v) is 3.07. The third-order valence-corrected chi connectivity index (χ3v) is 4.59. The minimum absolute atomic E-state index is 0.126. The highest BCUT2D eigenvalue weighted by Gasteiger charge is 2.16. The summed E-state index contributed by atoms with van der Waals surface area (Å²) in [4.78, 5) is 25.0. The molecule has 27 heavy (non-hydrogen) atoms. The van der Waals surface area contributed by atoms with Crippen LogP contribution in [0.5, 0.6) is 0 Å². The van der Waals surface area contributed by atoms with E-state index < -0.39 is 5.91 Å². The molecule has 138 valence electrons.